The van der Waals surface area contributed by atoms with Gasteiger partial charge in [0.1, 0.15) is 0 Å². The zero-order valence-corrected chi connectivity index (χ0v) is 16.3. The maximum atomic E-state index is 5.73. The van der Waals surface area contributed by atoms with Crippen molar-refractivity contribution in [2.24, 2.45) is 0 Å². The summed E-state index contributed by atoms with van der Waals surface area (Å²) in [4.78, 5) is 0. The van der Waals surface area contributed by atoms with Crippen LogP contribution >= 0.6 is 0 Å². The fourth-order valence-electron chi connectivity index (χ4n) is 4.25. The van der Waals surface area contributed by atoms with Crippen molar-refractivity contribution < 1.29 is 9.47 Å². The van der Waals surface area contributed by atoms with Gasteiger partial charge in [0, 0.05) is 5.56 Å². The van der Waals surface area contributed by atoms with E-state index in [1.54, 1.807) is 14.2 Å². The van der Waals surface area contributed by atoms with Crippen LogP contribution in [0.25, 0.3) is 22.3 Å². The summed E-state index contributed by atoms with van der Waals surface area (Å²) < 4.78 is 11.3. The van der Waals surface area contributed by atoms with Gasteiger partial charge in [-0.3, -0.25) is 0 Å². The van der Waals surface area contributed by atoms with Crippen LogP contribution in [0.5, 0.6) is 11.5 Å². The number of hydrogen-bond acceptors (Lipinski definition) is 2. The summed E-state index contributed by atoms with van der Waals surface area (Å²) in [6, 6.07) is 19.5. The summed E-state index contributed by atoms with van der Waals surface area (Å²) in [5.41, 5.74) is 9.46. The van der Waals surface area contributed by atoms with Crippen LogP contribution in [0.2, 0.25) is 0 Å². The second-order valence-electron chi connectivity index (χ2n) is 7.10. The highest BCUT2D eigenvalue weighted by Crippen LogP contribution is 2.47. The summed E-state index contributed by atoms with van der Waals surface area (Å²) in [7, 11) is 3.40. The standard InChI is InChI=1S/C25H26O2/c1-4-5-9-17-14-15-20(21-12-8-13-23(26-2)25(21)27-3)22-16-18-10-6-7-11-19(18)24(17)22/h6-8,10-15H,4-5,9,16H2,1-3H3. The summed E-state index contributed by atoms with van der Waals surface area (Å²) in [6.45, 7) is 2.25. The van der Waals surface area contributed by atoms with Crippen molar-refractivity contribution in [2.75, 3.05) is 14.2 Å². The Morgan fingerprint density at radius 1 is 0.815 bits per heavy atom. The second-order valence-corrected chi connectivity index (χ2v) is 7.10. The maximum Gasteiger partial charge on any atom is 0.168 e. The normalized spacial score (nSPS) is 11.8. The van der Waals surface area contributed by atoms with E-state index >= 15 is 0 Å². The number of fused-ring (bicyclic) bond motifs is 3. The molecule has 0 spiro atoms. The van der Waals surface area contributed by atoms with Crippen LogP contribution in [0, 0.1) is 0 Å². The van der Waals surface area contributed by atoms with Gasteiger partial charge >= 0.3 is 0 Å². The lowest BCUT2D eigenvalue weighted by Crippen LogP contribution is -1.97. The molecule has 1 aliphatic rings. The number of benzene rings is 3. The van der Waals surface area contributed by atoms with Crippen LogP contribution < -0.4 is 9.47 Å². The molecule has 0 N–H and O–H groups in total. The highest BCUT2D eigenvalue weighted by molar-refractivity contribution is 5.89. The Labute approximate surface area is 161 Å². The van der Waals surface area contributed by atoms with E-state index in [0.29, 0.717) is 0 Å². The van der Waals surface area contributed by atoms with E-state index < -0.39 is 0 Å². The molecular weight excluding hydrogens is 332 g/mol. The maximum absolute atomic E-state index is 5.73. The fourth-order valence-corrected chi connectivity index (χ4v) is 4.25. The van der Waals surface area contributed by atoms with Crippen molar-refractivity contribution in [2.45, 2.75) is 32.6 Å². The average molecular weight is 358 g/mol. The Hall–Kier alpha value is -2.74. The lowest BCUT2D eigenvalue weighted by molar-refractivity contribution is 0.356. The molecule has 2 nitrogen and oxygen atoms in total. The Kier molecular flexibility index (Phi) is 4.89. The van der Waals surface area contributed by atoms with Gasteiger partial charge in [0.05, 0.1) is 14.2 Å². The molecule has 0 aromatic heterocycles. The lowest BCUT2D eigenvalue weighted by Gasteiger charge is -2.17. The van der Waals surface area contributed by atoms with Gasteiger partial charge in [-0.2, -0.15) is 0 Å². The number of unbranched alkanes of at least 4 members (excludes halogenated alkanes) is 1. The monoisotopic (exact) mass is 358 g/mol. The van der Waals surface area contributed by atoms with Crippen LogP contribution in [0.4, 0.5) is 0 Å². The molecule has 0 unspecified atom stereocenters. The van der Waals surface area contributed by atoms with E-state index in [1.807, 2.05) is 12.1 Å². The van der Waals surface area contributed by atoms with Gasteiger partial charge in [0.15, 0.2) is 11.5 Å². The number of para-hydroxylation sites is 1. The van der Waals surface area contributed by atoms with Crippen LogP contribution in [-0.2, 0) is 12.8 Å². The quantitative estimate of drug-likeness (QED) is 0.403. The minimum absolute atomic E-state index is 0.773. The zero-order chi connectivity index (χ0) is 18.8. The first-order valence-corrected chi connectivity index (χ1v) is 9.72. The molecule has 0 bridgehead atoms. The smallest absolute Gasteiger partial charge is 0.168 e. The topological polar surface area (TPSA) is 18.5 Å². The summed E-state index contributed by atoms with van der Waals surface area (Å²) >= 11 is 0. The number of methoxy groups -OCH3 is 2. The largest absolute Gasteiger partial charge is 0.493 e. The van der Waals surface area contributed by atoms with E-state index in [9.17, 15) is 0 Å². The van der Waals surface area contributed by atoms with E-state index in [4.69, 9.17) is 9.47 Å². The van der Waals surface area contributed by atoms with Gasteiger partial charge in [-0.25, -0.2) is 0 Å². The average Bonchev–Trinajstić information content (AvgIpc) is 3.11. The zero-order valence-electron chi connectivity index (χ0n) is 16.3. The molecule has 2 heteroatoms. The van der Waals surface area contributed by atoms with E-state index in [-0.39, 0.29) is 0 Å². The molecule has 0 amide bonds. The molecule has 27 heavy (non-hydrogen) atoms. The lowest BCUT2D eigenvalue weighted by atomic mass is 9.90. The molecule has 4 rings (SSSR count). The minimum Gasteiger partial charge on any atom is -0.493 e. The van der Waals surface area contributed by atoms with Crippen molar-refractivity contribution in [3.8, 4) is 33.8 Å². The molecule has 3 aromatic carbocycles. The number of aryl methyl sites for hydroxylation is 1. The number of hydrogen-bond donors (Lipinski definition) is 0. The first-order valence-electron chi connectivity index (χ1n) is 9.72. The second kappa shape index (κ2) is 7.48. The van der Waals surface area contributed by atoms with Crippen molar-refractivity contribution >= 4 is 0 Å². The number of rotatable bonds is 6. The molecule has 0 heterocycles. The van der Waals surface area contributed by atoms with Crippen LogP contribution in [0.1, 0.15) is 36.5 Å². The van der Waals surface area contributed by atoms with Crippen molar-refractivity contribution in [1.82, 2.24) is 0 Å². The molecular formula is C25H26O2. The van der Waals surface area contributed by atoms with Gasteiger partial charge in [0.2, 0.25) is 0 Å². The summed E-state index contributed by atoms with van der Waals surface area (Å²) in [5, 5.41) is 0. The van der Waals surface area contributed by atoms with Gasteiger partial charge in [-0.05, 0) is 58.7 Å². The third-order valence-electron chi connectivity index (χ3n) is 5.55. The van der Waals surface area contributed by atoms with Gasteiger partial charge in [-0.1, -0.05) is 61.9 Å². The molecule has 0 saturated carbocycles. The Bertz CT molecular complexity index is 972. The highest BCUT2D eigenvalue weighted by atomic mass is 16.5. The van der Waals surface area contributed by atoms with Crippen LogP contribution in [0.3, 0.4) is 0 Å². The molecule has 0 saturated heterocycles. The van der Waals surface area contributed by atoms with Gasteiger partial charge in [0.25, 0.3) is 0 Å². The Balaban J connectivity index is 1.93. The van der Waals surface area contributed by atoms with Crippen LogP contribution in [-0.4, -0.2) is 14.2 Å². The predicted molar refractivity (Wildman–Crippen MR) is 112 cm³/mol. The van der Waals surface area contributed by atoms with Gasteiger partial charge in [-0.15, -0.1) is 0 Å². The number of ether oxygens (including phenoxy) is 2. The summed E-state index contributed by atoms with van der Waals surface area (Å²) in [6.07, 6.45) is 4.53. The molecule has 0 radical (unpaired) electrons. The van der Waals surface area contributed by atoms with Gasteiger partial charge < -0.3 is 9.47 Å². The molecule has 0 atom stereocenters. The molecule has 0 aliphatic heterocycles. The SMILES string of the molecule is CCCCc1ccc(-c2cccc(OC)c2OC)c2c1-c1ccccc1C2. The van der Waals surface area contributed by atoms with Crippen molar-refractivity contribution in [3.63, 3.8) is 0 Å². The van der Waals surface area contributed by atoms with Crippen molar-refractivity contribution in [1.29, 1.82) is 0 Å². The molecule has 1 aliphatic carbocycles. The summed E-state index contributed by atoms with van der Waals surface area (Å²) in [5.74, 6) is 1.58. The molecule has 138 valence electrons. The van der Waals surface area contributed by atoms with Crippen molar-refractivity contribution in [3.05, 3.63) is 71.3 Å². The van der Waals surface area contributed by atoms with E-state index in [0.717, 1.165) is 29.9 Å². The first-order chi connectivity index (χ1) is 13.3. The van der Waals surface area contributed by atoms with E-state index in [2.05, 4.69) is 49.4 Å². The molecule has 0 fully saturated rings. The fraction of sp³-hybridized carbons (Fsp3) is 0.280. The Morgan fingerprint density at radius 3 is 2.41 bits per heavy atom. The Morgan fingerprint density at radius 2 is 1.63 bits per heavy atom. The highest BCUT2D eigenvalue weighted by Gasteiger charge is 2.25. The molecule has 3 aromatic rings. The van der Waals surface area contributed by atoms with Crippen LogP contribution in [0.15, 0.2) is 54.6 Å². The minimum atomic E-state index is 0.773. The third kappa shape index (κ3) is 2.99. The third-order valence-corrected chi connectivity index (χ3v) is 5.55. The predicted octanol–water partition coefficient (Wildman–Crippen LogP) is 6.28. The first kappa shape index (κ1) is 17.7. The van der Waals surface area contributed by atoms with E-state index in [1.165, 1.54) is 46.2 Å².